The first-order valence-electron chi connectivity index (χ1n) is 10.3. The molecule has 2 amide bonds. The van der Waals surface area contributed by atoms with Crippen LogP contribution < -0.4 is 10.6 Å². The number of carbonyl (C=O) groups excluding carboxylic acids is 2. The van der Waals surface area contributed by atoms with Gasteiger partial charge in [0.05, 0.1) is 19.3 Å². The lowest BCUT2D eigenvalue weighted by atomic mass is 10.2. The fourth-order valence-electron chi connectivity index (χ4n) is 3.94. The molecule has 0 aromatic carbocycles. The lowest BCUT2D eigenvalue weighted by Gasteiger charge is -2.26. The van der Waals surface area contributed by atoms with Gasteiger partial charge in [-0.3, -0.25) is 9.59 Å². The summed E-state index contributed by atoms with van der Waals surface area (Å²) in [5.74, 6) is 1.22. The number of rotatable bonds is 6. The third-order valence-corrected chi connectivity index (χ3v) is 5.79. The second kappa shape index (κ2) is 7.25. The summed E-state index contributed by atoms with van der Waals surface area (Å²) in [6, 6.07) is 0.150. The van der Waals surface area contributed by atoms with E-state index in [1.807, 2.05) is 11.8 Å². The molecule has 1 unspecified atom stereocenters. The summed E-state index contributed by atoms with van der Waals surface area (Å²) in [5.41, 5.74) is 1.21. The molecule has 2 N–H and O–H groups in total. The van der Waals surface area contributed by atoms with Crippen LogP contribution in [0.25, 0.3) is 11.2 Å². The van der Waals surface area contributed by atoms with Crippen LogP contribution in [-0.2, 0) is 16.1 Å². The van der Waals surface area contributed by atoms with Crippen LogP contribution in [0.3, 0.4) is 0 Å². The van der Waals surface area contributed by atoms with Crippen molar-refractivity contribution in [2.75, 3.05) is 31.6 Å². The van der Waals surface area contributed by atoms with Crippen LogP contribution in [0.1, 0.15) is 36.8 Å². The highest BCUT2D eigenvalue weighted by atomic mass is 16.5. The van der Waals surface area contributed by atoms with Crippen molar-refractivity contribution in [3.8, 4) is 0 Å². The van der Waals surface area contributed by atoms with E-state index >= 15 is 0 Å². The zero-order chi connectivity index (χ0) is 20.0. The topological polar surface area (TPSA) is 114 Å². The van der Waals surface area contributed by atoms with Gasteiger partial charge in [0.2, 0.25) is 11.7 Å². The molecule has 0 radical (unpaired) electrons. The Balaban J connectivity index is 1.36. The number of hydrogen-bond donors (Lipinski definition) is 2. The molecule has 1 atom stereocenters. The number of fused-ring (bicyclic) bond motifs is 1. The molecule has 1 saturated carbocycles. The number of ether oxygens (including phenoxy) is 1. The summed E-state index contributed by atoms with van der Waals surface area (Å²) in [7, 11) is 0. The van der Waals surface area contributed by atoms with Crippen LogP contribution in [0, 0.1) is 5.92 Å². The van der Waals surface area contributed by atoms with Crippen LogP contribution in [0.15, 0.2) is 6.33 Å². The molecule has 5 rings (SSSR count). The first-order chi connectivity index (χ1) is 14.1. The molecule has 1 aliphatic carbocycles. The number of likely N-dealkylation sites (tertiary alicyclic amines) is 1. The molecule has 4 heterocycles. The molecule has 2 saturated heterocycles. The molecule has 10 nitrogen and oxygen atoms in total. The van der Waals surface area contributed by atoms with Crippen molar-refractivity contribution in [3.63, 3.8) is 0 Å². The fraction of sp³-hybridized carbons (Fsp3) is 0.632. The number of hydrogen-bond acceptors (Lipinski definition) is 7. The fourth-order valence-corrected chi connectivity index (χ4v) is 3.94. The Hall–Kier alpha value is -2.75. The molecule has 0 spiro atoms. The highest BCUT2D eigenvalue weighted by Gasteiger charge is 2.37. The van der Waals surface area contributed by atoms with Gasteiger partial charge in [0.25, 0.3) is 5.91 Å². The smallest absolute Gasteiger partial charge is 0.287 e. The summed E-state index contributed by atoms with van der Waals surface area (Å²) < 4.78 is 6.92. The maximum atomic E-state index is 12.7. The highest BCUT2D eigenvalue weighted by Crippen LogP contribution is 2.32. The maximum Gasteiger partial charge on any atom is 0.287 e. The van der Waals surface area contributed by atoms with Gasteiger partial charge < -0.3 is 24.8 Å². The predicted molar refractivity (Wildman–Crippen MR) is 104 cm³/mol. The summed E-state index contributed by atoms with van der Waals surface area (Å²) in [4.78, 5) is 40.2. The van der Waals surface area contributed by atoms with Crippen LogP contribution in [0.5, 0.6) is 0 Å². The van der Waals surface area contributed by atoms with Crippen molar-refractivity contribution in [3.05, 3.63) is 12.2 Å². The third-order valence-electron chi connectivity index (χ3n) is 5.79. The van der Waals surface area contributed by atoms with E-state index in [1.165, 1.54) is 6.33 Å². The van der Waals surface area contributed by atoms with Gasteiger partial charge in [-0.2, -0.15) is 0 Å². The SMILES string of the molecule is CCn1c(C(=O)NC2COC2)nc2c(NC3CCN(C(=O)C4CC4)C3)ncnc21. The molecular formula is C19H25N7O3. The van der Waals surface area contributed by atoms with Crippen LogP contribution >= 0.6 is 0 Å². The van der Waals surface area contributed by atoms with E-state index in [4.69, 9.17) is 4.74 Å². The zero-order valence-corrected chi connectivity index (χ0v) is 16.4. The molecule has 29 heavy (non-hydrogen) atoms. The number of aromatic nitrogens is 4. The standard InChI is InChI=1S/C19H25N7O3/c1-2-26-16-14(24-17(26)18(27)23-13-8-29-9-13)15(20-10-21-16)22-12-5-6-25(7-12)19(28)11-3-4-11/h10-13H,2-9H2,1H3,(H,23,27)(H,20,21,22). The number of carbonyl (C=O) groups is 2. The minimum Gasteiger partial charge on any atom is -0.377 e. The predicted octanol–water partition coefficient (Wildman–Crippen LogP) is 0.398. The van der Waals surface area contributed by atoms with Crippen molar-refractivity contribution in [2.45, 2.75) is 44.8 Å². The Labute approximate surface area is 168 Å². The molecule has 0 bridgehead atoms. The lowest BCUT2D eigenvalue weighted by Crippen LogP contribution is -2.49. The first-order valence-corrected chi connectivity index (χ1v) is 10.3. The number of nitrogens with one attached hydrogen (secondary N) is 2. The van der Waals surface area contributed by atoms with Gasteiger partial charge in [-0.1, -0.05) is 0 Å². The molecule has 2 aromatic heterocycles. The monoisotopic (exact) mass is 399 g/mol. The van der Waals surface area contributed by atoms with Crippen molar-refractivity contribution < 1.29 is 14.3 Å². The van der Waals surface area contributed by atoms with Crippen LogP contribution in [0.4, 0.5) is 5.82 Å². The van der Waals surface area contributed by atoms with Gasteiger partial charge in [0.15, 0.2) is 17.0 Å². The number of anilines is 1. The Bertz CT molecular complexity index is 951. The quantitative estimate of drug-likeness (QED) is 0.722. The van der Waals surface area contributed by atoms with Gasteiger partial charge in [0, 0.05) is 31.6 Å². The molecular weight excluding hydrogens is 374 g/mol. The summed E-state index contributed by atoms with van der Waals surface area (Å²) >= 11 is 0. The minimum absolute atomic E-state index is 0.0322. The molecule has 2 aromatic rings. The molecule has 3 aliphatic rings. The largest absolute Gasteiger partial charge is 0.377 e. The van der Waals surface area contributed by atoms with Crippen molar-refractivity contribution in [1.29, 1.82) is 0 Å². The van der Waals surface area contributed by atoms with E-state index in [0.717, 1.165) is 25.8 Å². The minimum atomic E-state index is -0.230. The average molecular weight is 399 g/mol. The van der Waals surface area contributed by atoms with E-state index < -0.39 is 0 Å². The van der Waals surface area contributed by atoms with Crippen molar-refractivity contribution >= 4 is 28.8 Å². The summed E-state index contributed by atoms with van der Waals surface area (Å²) in [6.07, 6.45) is 4.40. The Morgan fingerprint density at radius 3 is 2.72 bits per heavy atom. The van der Waals surface area contributed by atoms with Gasteiger partial charge in [-0.15, -0.1) is 0 Å². The van der Waals surface area contributed by atoms with Gasteiger partial charge in [-0.05, 0) is 26.2 Å². The second-order valence-electron chi connectivity index (χ2n) is 7.97. The van der Waals surface area contributed by atoms with E-state index in [9.17, 15) is 9.59 Å². The van der Waals surface area contributed by atoms with Crippen LogP contribution in [-0.4, -0.2) is 74.6 Å². The highest BCUT2D eigenvalue weighted by molar-refractivity contribution is 5.96. The zero-order valence-electron chi connectivity index (χ0n) is 16.4. The number of amides is 2. The Morgan fingerprint density at radius 1 is 1.21 bits per heavy atom. The maximum absolute atomic E-state index is 12.7. The molecule has 2 aliphatic heterocycles. The average Bonchev–Trinajstić information content (AvgIpc) is 3.31. The van der Waals surface area contributed by atoms with E-state index in [1.54, 1.807) is 4.57 Å². The van der Waals surface area contributed by atoms with Gasteiger partial charge >= 0.3 is 0 Å². The second-order valence-corrected chi connectivity index (χ2v) is 7.97. The van der Waals surface area contributed by atoms with Crippen molar-refractivity contribution in [1.82, 2.24) is 29.7 Å². The normalized spacial score (nSPS) is 22.0. The van der Waals surface area contributed by atoms with E-state index in [-0.39, 0.29) is 29.8 Å². The Morgan fingerprint density at radius 2 is 2.03 bits per heavy atom. The lowest BCUT2D eigenvalue weighted by molar-refractivity contribution is -0.131. The molecule has 154 valence electrons. The number of aryl methyl sites for hydroxylation is 1. The van der Waals surface area contributed by atoms with Gasteiger partial charge in [-0.25, -0.2) is 15.0 Å². The molecule has 3 fully saturated rings. The summed E-state index contributed by atoms with van der Waals surface area (Å²) in [6.45, 7) is 5.03. The number of nitrogens with zero attached hydrogens (tertiary/aromatic N) is 5. The van der Waals surface area contributed by atoms with E-state index in [0.29, 0.717) is 49.1 Å². The van der Waals surface area contributed by atoms with Crippen LogP contribution in [0.2, 0.25) is 0 Å². The summed E-state index contributed by atoms with van der Waals surface area (Å²) in [5, 5.41) is 6.36. The first kappa shape index (κ1) is 18.3. The van der Waals surface area contributed by atoms with Gasteiger partial charge in [0.1, 0.15) is 6.33 Å². The van der Waals surface area contributed by atoms with E-state index in [2.05, 4.69) is 25.6 Å². The third kappa shape index (κ3) is 3.41. The number of imidazole rings is 1. The Kier molecular flexibility index (Phi) is 4.57. The molecule has 10 heteroatoms. The van der Waals surface area contributed by atoms with Crippen molar-refractivity contribution in [2.24, 2.45) is 5.92 Å².